The fourth-order valence-electron chi connectivity index (χ4n) is 3.92. The minimum Gasteiger partial charge on any atom is -0.477 e. The maximum atomic E-state index is 12.6. The van der Waals surface area contributed by atoms with Crippen molar-refractivity contribution in [1.82, 2.24) is 10.0 Å². The van der Waals surface area contributed by atoms with Crippen LogP contribution in [0.2, 0.25) is 0 Å². The maximum absolute atomic E-state index is 12.6. The van der Waals surface area contributed by atoms with Crippen molar-refractivity contribution in [3.8, 4) is 11.8 Å². The fourth-order valence-corrected chi connectivity index (χ4v) is 6.28. The molecule has 2 N–H and O–H groups in total. The summed E-state index contributed by atoms with van der Waals surface area (Å²) in [6.45, 7) is 8.94. The van der Waals surface area contributed by atoms with Crippen molar-refractivity contribution >= 4 is 51.3 Å². The number of aliphatic hydroxyl groups excluding tert-OH is 1. The van der Waals surface area contributed by atoms with Crippen LogP contribution in [-0.2, 0) is 12.8 Å². The summed E-state index contributed by atoms with van der Waals surface area (Å²) < 4.78 is 0. The number of carbonyl (C=O) groups is 2. The number of nitrogens with zero attached hydrogens (tertiary/aromatic N) is 3. The van der Waals surface area contributed by atoms with Crippen LogP contribution in [0.4, 0.5) is 10.5 Å². The lowest BCUT2D eigenvalue weighted by Gasteiger charge is -2.38. The molecule has 3 aromatic rings. The average Bonchev–Trinajstić information content (AvgIpc) is 3.55. The van der Waals surface area contributed by atoms with E-state index in [1.54, 1.807) is 22.5 Å². The van der Waals surface area contributed by atoms with Crippen LogP contribution in [0, 0.1) is 18.4 Å². The molecular formula is C27H25N3O4S3. The van der Waals surface area contributed by atoms with Gasteiger partial charge < -0.3 is 10.2 Å². The van der Waals surface area contributed by atoms with Gasteiger partial charge in [0.15, 0.2) is 0 Å². The van der Waals surface area contributed by atoms with Gasteiger partial charge in [-0.15, -0.1) is 11.3 Å². The second-order valence-corrected chi connectivity index (χ2v) is 11.3. The first-order chi connectivity index (χ1) is 17.9. The number of aliphatic hydroxyl groups is 1. The second-order valence-electron chi connectivity index (χ2n) is 8.39. The van der Waals surface area contributed by atoms with E-state index in [1.807, 2.05) is 34.7 Å². The topological polar surface area (TPSA) is 85.4 Å². The zero-order valence-electron chi connectivity index (χ0n) is 19.9. The first-order valence-corrected chi connectivity index (χ1v) is 14.4. The molecule has 4 rings (SSSR count). The Morgan fingerprint density at radius 3 is 2.84 bits per heavy atom. The Balaban J connectivity index is 1.31. The lowest BCUT2D eigenvalue weighted by Crippen LogP contribution is -2.51. The normalized spacial score (nSPS) is 14.6. The number of hydrogen-bond donors (Lipinski definition) is 2. The van der Waals surface area contributed by atoms with Crippen LogP contribution in [0.15, 0.2) is 47.2 Å². The largest absolute Gasteiger partial charge is 0.477 e. The van der Waals surface area contributed by atoms with Crippen molar-refractivity contribution in [2.45, 2.75) is 25.4 Å². The molecule has 2 aromatic heterocycles. The third kappa shape index (κ3) is 7.45. The van der Waals surface area contributed by atoms with Crippen LogP contribution in [0.1, 0.15) is 37.7 Å². The lowest BCUT2D eigenvalue weighted by molar-refractivity contribution is 0.0148. The third-order valence-electron chi connectivity index (χ3n) is 5.79. The van der Waals surface area contributed by atoms with Gasteiger partial charge in [0.2, 0.25) is 5.69 Å². The Labute approximate surface area is 228 Å². The molecule has 3 heterocycles. The Morgan fingerprint density at radius 2 is 2.05 bits per heavy atom. The summed E-state index contributed by atoms with van der Waals surface area (Å²) in [5, 5.41) is 27.2. The number of aromatic carboxylic acids is 1. The zero-order valence-corrected chi connectivity index (χ0v) is 22.4. The molecule has 0 bridgehead atoms. The fraction of sp³-hybridized carbons (Fsp3) is 0.296. The van der Waals surface area contributed by atoms with E-state index in [1.165, 1.54) is 34.4 Å². The van der Waals surface area contributed by atoms with Crippen LogP contribution in [0.5, 0.6) is 0 Å². The van der Waals surface area contributed by atoms with Gasteiger partial charge in [-0.05, 0) is 53.4 Å². The van der Waals surface area contributed by atoms with Gasteiger partial charge in [0.25, 0.3) is 5.24 Å². The molecule has 1 fully saturated rings. The Kier molecular flexibility index (Phi) is 9.40. The van der Waals surface area contributed by atoms with Crippen LogP contribution in [0.3, 0.4) is 0 Å². The molecule has 1 saturated heterocycles. The monoisotopic (exact) mass is 551 g/mol. The molecule has 1 aliphatic heterocycles. The van der Waals surface area contributed by atoms with Gasteiger partial charge in [0, 0.05) is 47.8 Å². The molecule has 0 spiro atoms. The summed E-state index contributed by atoms with van der Waals surface area (Å²) in [5.74, 6) is 5.93. The number of hydrogen-bond acceptors (Lipinski definition) is 7. The van der Waals surface area contributed by atoms with Crippen molar-refractivity contribution in [3.63, 3.8) is 0 Å². The predicted octanol–water partition coefficient (Wildman–Crippen LogP) is 5.38. The summed E-state index contributed by atoms with van der Waals surface area (Å²) in [6.07, 6.45) is 0.997. The number of carboxylic acids is 1. The summed E-state index contributed by atoms with van der Waals surface area (Å²) in [7, 11) is 0. The highest BCUT2D eigenvalue weighted by molar-refractivity contribution is 8.13. The minimum absolute atomic E-state index is 0.0194. The van der Waals surface area contributed by atoms with Crippen molar-refractivity contribution in [2.75, 3.05) is 25.4 Å². The van der Waals surface area contributed by atoms with Crippen molar-refractivity contribution in [2.24, 2.45) is 0 Å². The molecule has 1 atom stereocenters. The van der Waals surface area contributed by atoms with Gasteiger partial charge in [-0.1, -0.05) is 35.7 Å². The van der Waals surface area contributed by atoms with Gasteiger partial charge in [0.05, 0.1) is 12.7 Å². The number of benzene rings is 1. The van der Waals surface area contributed by atoms with E-state index in [2.05, 4.69) is 16.7 Å². The number of hydrazine groups is 1. The summed E-state index contributed by atoms with van der Waals surface area (Å²) in [6, 6.07) is 11.1. The highest BCUT2D eigenvalue weighted by Gasteiger charge is 2.27. The second kappa shape index (κ2) is 12.9. The molecule has 1 aromatic carbocycles. The van der Waals surface area contributed by atoms with Crippen LogP contribution < -0.4 is 0 Å². The van der Waals surface area contributed by atoms with E-state index in [0.717, 1.165) is 21.6 Å². The smallest absolute Gasteiger partial charge is 0.345 e. The van der Waals surface area contributed by atoms with Crippen molar-refractivity contribution < 1.29 is 19.8 Å². The molecule has 0 saturated carbocycles. The third-order valence-corrected chi connectivity index (χ3v) is 8.50. The number of amides is 1. The summed E-state index contributed by atoms with van der Waals surface area (Å²) in [5.41, 5.74) is 3.10. The molecule has 1 amide bonds. The van der Waals surface area contributed by atoms with Gasteiger partial charge in [-0.2, -0.15) is 11.3 Å². The zero-order chi connectivity index (χ0) is 26.2. The van der Waals surface area contributed by atoms with Gasteiger partial charge in [0.1, 0.15) is 4.88 Å². The molecular weight excluding hydrogens is 527 g/mol. The molecule has 7 nitrogen and oxygen atoms in total. The van der Waals surface area contributed by atoms with Crippen LogP contribution in [0.25, 0.3) is 4.85 Å². The van der Waals surface area contributed by atoms with Crippen molar-refractivity contribution in [3.05, 3.63) is 85.0 Å². The molecule has 37 heavy (non-hydrogen) atoms. The first-order valence-electron chi connectivity index (χ1n) is 11.7. The SMILES string of the molecule is [C-]#[N+]c1cscc1C#Cc1cccc(CC(O)CCN2CCSC(=O)N2CCc2ccc(C(=O)O)s2)c1. The number of carbonyl (C=O) groups excluding carboxylic acids is 1. The summed E-state index contributed by atoms with van der Waals surface area (Å²) in [4.78, 5) is 28.4. The Hall–Kier alpha value is -3.12. The lowest BCUT2D eigenvalue weighted by atomic mass is 10.0. The van der Waals surface area contributed by atoms with Gasteiger partial charge >= 0.3 is 5.97 Å². The van der Waals surface area contributed by atoms with Gasteiger partial charge in [-0.25, -0.2) is 14.6 Å². The first kappa shape index (κ1) is 26.9. The van der Waals surface area contributed by atoms with Crippen LogP contribution >= 0.6 is 34.4 Å². The molecule has 1 aliphatic rings. The van der Waals surface area contributed by atoms with Crippen LogP contribution in [-0.4, -0.2) is 62.9 Å². The number of rotatable bonds is 9. The van der Waals surface area contributed by atoms with E-state index in [4.69, 9.17) is 11.7 Å². The highest BCUT2D eigenvalue weighted by atomic mass is 32.2. The minimum atomic E-state index is -0.939. The predicted molar refractivity (Wildman–Crippen MR) is 148 cm³/mol. The quantitative estimate of drug-likeness (QED) is 0.274. The van der Waals surface area contributed by atoms with E-state index in [-0.39, 0.29) is 5.24 Å². The average molecular weight is 552 g/mol. The van der Waals surface area contributed by atoms with E-state index in [9.17, 15) is 14.7 Å². The molecule has 190 valence electrons. The number of carboxylic acid groups (broad SMARTS) is 1. The molecule has 0 aliphatic carbocycles. The number of thiophene rings is 2. The Bertz CT molecular complexity index is 1360. The highest BCUT2D eigenvalue weighted by Crippen LogP contribution is 2.24. The Morgan fingerprint density at radius 1 is 1.19 bits per heavy atom. The maximum Gasteiger partial charge on any atom is 0.345 e. The molecule has 0 radical (unpaired) electrons. The van der Waals surface area contributed by atoms with Gasteiger partial charge in [-0.3, -0.25) is 9.80 Å². The standard InChI is InChI=1S/C27H25N3O4S3/c1-28-24-18-35-17-21(24)6-5-19-3-2-4-20(15-19)16-22(31)9-11-29-13-14-36-27(34)30(29)12-10-23-7-8-25(37-23)26(32)33/h2-4,7-8,15,17-18,22,31H,9-14,16H2,(H,32,33). The number of thioether (sulfide) groups is 1. The van der Waals surface area contributed by atoms with E-state index >= 15 is 0 Å². The molecule has 10 heteroatoms. The summed E-state index contributed by atoms with van der Waals surface area (Å²) >= 11 is 3.97. The molecule has 1 unspecified atom stereocenters. The van der Waals surface area contributed by atoms with E-state index < -0.39 is 12.1 Å². The van der Waals surface area contributed by atoms with Crippen molar-refractivity contribution in [1.29, 1.82) is 0 Å². The van der Waals surface area contributed by atoms with E-state index in [0.29, 0.717) is 55.2 Å².